The minimum absolute atomic E-state index is 0.215. The summed E-state index contributed by atoms with van der Waals surface area (Å²) < 4.78 is 5.14. The van der Waals surface area contributed by atoms with Crippen molar-refractivity contribution in [3.8, 4) is 0 Å². The van der Waals surface area contributed by atoms with Crippen LogP contribution in [-0.2, 0) is 17.6 Å². The topological polar surface area (TPSA) is 59.2 Å². The number of aromatic nitrogens is 1. The Balaban J connectivity index is 1.65. The second-order valence-electron chi connectivity index (χ2n) is 4.84. The highest BCUT2D eigenvalue weighted by atomic mass is 32.1. The molecule has 0 atom stereocenters. The zero-order valence-corrected chi connectivity index (χ0v) is 11.8. The molecule has 0 aliphatic heterocycles. The van der Waals surface area contributed by atoms with Gasteiger partial charge in [0.1, 0.15) is 0 Å². The quantitative estimate of drug-likeness (QED) is 0.695. The number of aromatic amines is 1. The van der Waals surface area contributed by atoms with Crippen LogP contribution in [-0.4, -0.2) is 23.3 Å². The second-order valence-corrected chi connectivity index (χ2v) is 5.81. The second kappa shape index (κ2) is 5.63. The van der Waals surface area contributed by atoms with Crippen LogP contribution in [0.3, 0.4) is 0 Å². The molecule has 1 aliphatic rings. The summed E-state index contributed by atoms with van der Waals surface area (Å²) in [6.45, 7) is -0.218. The van der Waals surface area contributed by atoms with Crippen molar-refractivity contribution in [3.63, 3.8) is 0 Å². The Morgan fingerprint density at radius 3 is 2.95 bits per heavy atom. The van der Waals surface area contributed by atoms with Crippen LogP contribution in [0, 0.1) is 0 Å². The van der Waals surface area contributed by atoms with Gasteiger partial charge in [-0.05, 0) is 43.4 Å². The van der Waals surface area contributed by atoms with Crippen LogP contribution < -0.4 is 0 Å². The normalized spacial score (nSPS) is 13.8. The van der Waals surface area contributed by atoms with Gasteiger partial charge in [-0.25, -0.2) is 4.79 Å². The SMILES string of the molecule is O=C(COC(=O)c1csc2c1CCCC2)c1ccc[nH]1. The van der Waals surface area contributed by atoms with E-state index < -0.39 is 0 Å². The van der Waals surface area contributed by atoms with Gasteiger partial charge in [-0.15, -0.1) is 11.3 Å². The van der Waals surface area contributed by atoms with Gasteiger partial charge in [0, 0.05) is 16.5 Å². The van der Waals surface area contributed by atoms with E-state index in [4.69, 9.17) is 4.74 Å². The van der Waals surface area contributed by atoms with Crippen molar-refractivity contribution < 1.29 is 14.3 Å². The van der Waals surface area contributed by atoms with E-state index in [0.717, 1.165) is 24.8 Å². The molecule has 0 saturated carbocycles. The van der Waals surface area contributed by atoms with Crippen molar-refractivity contribution in [2.75, 3.05) is 6.61 Å². The Morgan fingerprint density at radius 1 is 1.30 bits per heavy atom. The lowest BCUT2D eigenvalue weighted by molar-refractivity contribution is 0.0473. The van der Waals surface area contributed by atoms with E-state index in [1.807, 2.05) is 5.38 Å². The van der Waals surface area contributed by atoms with E-state index in [0.29, 0.717) is 11.3 Å². The summed E-state index contributed by atoms with van der Waals surface area (Å²) in [6.07, 6.45) is 5.96. The number of H-pyrrole nitrogens is 1. The molecular weight excluding hydrogens is 274 g/mol. The highest BCUT2D eigenvalue weighted by molar-refractivity contribution is 7.10. The molecule has 0 fully saturated rings. The standard InChI is InChI=1S/C15H15NO3S/c17-13(12-5-3-7-16-12)8-19-15(18)11-9-20-14-6-2-1-4-10(11)14/h3,5,7,9,16H,1-2,4,6,8H2. The molecule has 4 nitrogen and oxygen atoms in total. The molecule has 0 amide bonds. The Labute approximate surface area is 120 Å². The third kappa shape index (κ3) is 2.54. The molecule has 0 unspecified atom stereocenters. The molecule has 104 valence electrons. The van der Waals surface area contributed by atoms with Crippen molar-refractivity contribution in [3.05, 3.63) is 45.4 Å². The molecule has 2 aromatic heterocycles. The van der Waals surface area contributed by atoms with Crippen LogP contribution in [0.25, 0.3) is 0 Å². The number of carbonyl (C=O) groups is 2. The Morgan fingerprint density at radius 2 is 2.15 bits per heavy atom. The number of thiophene rings is 1. The van der Waals surface area contributed by atoms with E-state index in [-0.39, 0.29) is 18.4 Å². The highest BCUT2D eigenvalue weighted by Gasteiger charge is 2.21. The molecule has 5 heteroatoms. The van der Waals surface area contributed by atoms with Gasteiger partial charge in [-0.3, -0.25) is 4.79 Å². The molecule has 2 heterocycles. The first kappa shape index (κ1) is 13.1. The van der Waals surface area contributed by atoms with Crippen molar-refractivity contribution in [2.45, 2.75) is 25.7 Å². The summed E-state index contributed by atoms with van der Waals surface area (Å²) in [5, 5.41) is 1.86. The number of hydrogen-bond acceptors (Lipinski definition) is 4. The predicted molar refractivity (Wildman–Crippen MR) is 76.4 cm³/mol. The lowest BCUT2D eigenvalue weighted by atomic mass is 9.96. The summed E-state index contributed by atoms with van der Waals surface area (Å²) in [4.78, 5) is 27.9. The molecule has 2 aromatic rings. The van der Waals surface area contributed by atoms with E-state index in [9.17, 15) is 9.59 Å². The highest BCUT2D eigenvalue weighted by Crippen LogP contribution is 2.30. The number of aryl methyl sites for hydroxylation is 1. The van der Waals surface area contributed by atoms with Crippen LogP contribution in [0.1, 0.15) is 44.1 Å². The first-order valence-corrected chi connectivity index (χ1v) is 7.56. The predicted octanol–water partition coefficient (Wildman–Crippen LogP) is 2.99. The molecule has 0 spiro atoms. The van der Waals surface area contributed by atoms with E-state index in [1.54, 1.807) is 29.7 Å². The Hall–Kier alpha value is -1.88. The fourth-order valence-corrected chi connectivity index (χ4v) is 3.57. The van der Waals surface area contributed by atoms with Gasteiger partial charge in [0.2, 0.25) is 5.78 Å². The number of ketones is 1. The lowest BCUT2D eigenvalue weighted by Crippen LogP contribution is -2.15. The van der Waals surface area contributed by atoms with Crippen LogP contribution in [0.15, 0.2) is 23.7 Å². The number of carbonyl (C=O) groups excluding carboxylic acids is 2. The van der Waals surface area contributed by atoms with Crippen molar-refractivity contribution in [1.29, 1.82) is 0 Å². The van der Waals surface area contributed by atoms with Crippen LogP contribution in [0.5, 0.6) is 0 Å². The number of nitrogens with one attached hydrogen (secondary N) is 1. The van der Waals surface area contributed by atoms with Crippen molar-refractivity contribution >= 4 is 23.1 Å². The molecule has 20 heavy (non-hydrogen) atoms. The van der Waals surface area contributed by atoms with E-state index in [2.05, 4.69) is 4.98 Å². The van der Waals surface area contributed by atoms with Crippen LogP contribution in [0.2, 0.25) is 0 Å². The van der Waals surface area contributed by atoms with Crippen LogP contribution in [0.4, 0.5) is 0 Å². The van der Waals surface area contributed by atoms with Gasteiger partial charge < -0.3 is 9.72 Å². The van der Waals surface area contributed by atoms with Crippen LogP contribution >= 0.6 is 11.3 Å². The third-order valence-electron chi connectivity index (χ3n) is 3.51. The smallest absolute Gasteiger partial charge is 0.339 e. The number of ether oxygens (including phenoxy) is 1. The largest absolute Gasteiger partial charge is 0.454 e. The van der Waals surface area contributed by atoms with Crippen molar-refractivity contribution in [1.82, 2.24) is 4.98 Å². The van der Waals surface area contributed by atoms with Gasteiger partial charge in [-0.1, -0.05) is 0 Å². The number of fused-ring (bicyclic) bond motifs is 1. The van der Waals surface area contributed by atoms with Gasteiger partial charge in [-0.2, -0.15) is 0 Å². The van der Waals surface area contributed by atoms with Gasteiger partial charge >= 0.3 is 5.97 Å². The van der Waals surface area contributed by atoms with Gasteiger partial charge in [0.15, 0.2) is 6.61 Å². The molecule has 1 aliphatic carbocycles. The molecule has 3 rings (SSSR count). The maximum Gasteiger partial charge on any atom is 0.339 e. The number of esters is 1. The summed E-state index contributed by atoms with van der Waals surface area (Å²) in [7, 11) is 0. The maximum atomic E-state index is 12.1. The first-order chi connectivity index (χ1) is 9.75. The fourth-order valence-electron chi connectivity index (χ4n) is 2.46. The molecule has 0 saturated heterocycles. The van der Waals surface area contributed by atoms with Gasteiger partial charge in [0.25, 0.3) is 0 Å². The molecule has 1 N–H and O–H groups in total. The third-order valence-corrected chi connectivity index (χ3v) is 4.60. The summed E-state index contributed by atoms with van der Waals surface area (Å²) in [5.41, 5.74) is 2.23. The van der Waals surface area contributed by atoms with E-state index in [1.165, 1.54) is 11.3 Å². The number of Topliss-reactive ketones (excluding diaryl/α,β-unsaturated/α-hetero) is 1. The average molecular weight is 289 g/mol. The lowest BCUT2D eigenvalue weighted by Gasteiger charge is -2.12. The summed E-state index contributed by atoms with van der Waals surface area (Å²) >= 11 is 1.62. The Kier molecular flexibility index (Phi) is 3.69. The number of hydrogen-bond donors (Lipinski definition) is 1. The Bertz CT molecular complexity index is 628. The average Bonchev–Trinajstić information content (AvgIpc) is 3.13. The maximum absolute atomic E-state index is 12.1. The monoisotopic (exact) mass is 289 g/mol. The fraction of sp³-hybridized carbons (Fsp3) is 0.333. The molecule has 0 radical (unpaired) electrons. The minimum Gasteiger partial charge on any atom is -0.454 e. The molecular formula is C15H15NO3S. The van der Waals surface area contributed by atoms with E-state index >= 15 is 0 Å². The summed E-state index contributed by atoms with van der Waals surface area (Å²) in [6, 6.07) is 3.41. The molecule has 0 aromatic carbocycles. The zero-order chi connectivity index (χ0) is 13.9. The zero-order valence-electron chi connectivity index (χ0n) is 11.0. The first-order valence-electron chi connectivity index (χ1n) is 6.68. The van der Waals surface area contributed by atoms with Gasteiger partial charge in [0.05, 0.1) is 11.3 Å². The summed E-state index contributed by atoms with van der Waals surface area (Å²) in [5.74, 6) is -0.600. The number of rotatable bonds is 4. The molecule has 0 bridgehead atoms. The minimum atomic E-state index is -0.385. The van der Waals surface area contributed by atoms with Crippen molar-refractivity contribution in [2.24, 2.45) is 0 Å².